The first-order valence-electron chi connectivity index (χ1n) is 5.47. The van der Waals surface area contributed by atoms with Gasteiger partial charge in [0.05, 0.1) is 14.2 Å². The van der Waals surface area contributed by atoms with Gasteiger partial charge in [-0.1, -0.05) is 0 Å². The van der Waals surface area contributed by atoms with Crippen LogP contribution < -0.4 is 10.5 Å². The SMILES string of the molecule is COC(=O)c1cc(-c2ccc(OC)c(F)c2)[nH]c1N. The normalized spacial score (nSPS) is 10.3. The molecule has 0 amide bonds. The molecule has 0 atom stereocenters. The zero-order valence-electron chi connectivity index (χ0n) is 10.5. The molecule has 100 valence electrons. The molecule has 1 heterocycles. The zero-order valence-corrected chi connectivity index (χ0v) is 10.5. The van der Waals surface area contributed by atoms with E-state index in [2.05, 4.69) is 9.72 Å². The van der Waals surface area contributed by atoms with Crippen molar-refractivity contribution in [3.63, 3.8) is 0 Å². The molecule has 0 aliphatic carbocycles. The third kappa shape index (κ3) is 2.37. The van der Waals surface area contributed by atoms with Gasteiger partial charge >= 0.3 is 5.97 Å². The number of aromatic amines is 1. The lowest BCUT2D eigenvalue weighted by atomic mass is 10.1. The summed E-state index contributed by atoms with van der Waals surface area (Å²) in [6.07, 6.45) is 0. The van der Waals surface area contributed by atoms with Crippen molar-refractivity contribution >= 4 is 11.8 Å². The lowest BCUT2D eigenvalue weighted by Crippen LogP contribution is -2.02. The molecule has 0 fully saturated rings. The third-order valence-electron chi connectivity index (χ3n) is 2.72. The molecule has 0 bridgehead atoms. The molecule has 6 heteroatoms. The van der Waals surface area contributed by atoms with Gasteiger partial charge in [-0.2, -0.15) is 0 Å². The summed E-state index contributed by atoms with van der Waals surface area (Å²) in [6, 6.07) is 5.97. The average Bonchev–Trinajstić information content (AvgIpc) is 2.80. The van der Waals surface area contributed by atoms with Crippen LogP contribution in [0.2, 0.25) is 0 Å². The van der Waals surface area contributed by atoms with Crippen molar-refractivity contribution in [2.45, 2.75) is 0 Å². The summed E-state index contributed by atoms with van der Waals surface area (Å²) in [5.41, 5.74) is 6.97. The van der Waals surface area contributed by atoms with E-state index in [4.69, 9.17) is 10.5 Å². The zero-order chi connectivity index (χ0) is 14.0. The van der Waals surface area contributed by atoms with Crippen LogP contribution in [0.15, 0.2) is 24.3 Å². The number of carbonyl (C=O) groups is 1. The van der Waals surface area contributed by atoms with Crippen molar-refractivity contribution in [2.24, 2.45) is 0 Å². The van der Waals surface area contributed by atoms with Crippen LogP contribution in [0.25, 0.3) is 11.3 Å². The number of hydrogen-bond donors (Lipinski definition) is 2. The van der Waals surface area contributed by atoms with Gasteiger partial charge in [0.15, 0.2) is 11.6 Å². The van der Waals surface area contributed by atoms with Crippen LogP contribution in [0.1, 0.15) is 10.4 Å². The van der Waals surface area contributed by atoms with Gasteiger partial charge in [-0.05, 0) is 24.3 Å². The van der Waals surface area contributed by atoms with Crippen molar-refractivity contribution < 1.29 is 18.7 Å². The monoisotopic (exact) mass is 264 g/mol. The Balaban J connectivity index is 2.42. The Morgan fingerprint density at radius 1 is 1.32 bits per heavy atom. The van der Waals surface area contributed by atoms with Crippen molar-refractivity contribution in [3.8, 4) is 17.0 Å². The number of carbonyl (C=O) groups excluding carboxylic acids is 1. The van der Waals surface area contributed by atoms with E-state index in [1.807, 2.05) is 0 Å². The first kappa shape index (κ1) is 12.9. The summed E-state index contributed by atoms with van der Waals surface area (Å²) in [4.78, 5) is 14.2. The maximum atomic E-state index is 13.6. The van der Waals surface area contributed by atoms with E-state index in [1.165, 1.54) is 32.4 Å². The minimum Gasteiger partial charge on any atom is -0.494 e. The number of methoxy groups -OCH3 is 2. The van der Waals surface area contributed by atoms with E-state index >= 15 is 0 Å². The lowest BCUT2D eigenvalue weighted by Gasteiger charge is -2.03. The number of H-pyrrole nitrogens is 1. The molecule has 0 unspecified atom stereocenters. The van der Waals surface area contributed by atoms with Gasteiger partial charge in [-0.3, -0.25) is 0 Å². The van der Waals surface area contributed by atoms with Crippen LogP contribution in [0.4, 0.5) is 10.2 Å². The highest BCUT2D eigenvalue weighted by molar-refractivity contribution is 5.96. The summed E-state index contributed by atoms with van der Waals surface area (Å²) < 4.78 is 23.0. The summed E-state index contributed by atoms with van der Waals surface area (Å²) in [5, 5.41) is 0. The molecule has 2 rings (SSSR count). The van der Waals surface area contributed by atoms with Crippen molar-refractivity contribution in [2.75, 3.05) is 20.0 Å². The van der Waals surface area contributed by atoms with Crippen LogP contribution in [-0.2, 0) is 4.74 Å². The summed E-state index contributed by atoms with van der Waals surface area (Å²) in [7, 11) is 2.65. The number of nitrogens with one attached hydrogen (secondary N) is 1. The Bertz CT molecular complexity index is 622. The summed E-state index contributed by atoms with van der Waals surface area (Å²) in [6.45, 7) is 0. The topological polar surface area (TPSA) is 77.3 Å². The third-order valence-corrected chi connectivity index (χ3v) is 2.72. The number of benzene rings is 1. The molecular formula is C13H13FN2O3. The van der Waals surface area contributed by atoms with Crippen molar-refractivity contribution in [1.82, 2.24) is 4.98 Å². The second kappa shape index (κ2) is 5.01. The van der Waals surface area contributed by atoms with Crippen LogP contribution >= 0.6 is 0 Å². The number of anilines is 1. The molecule has 3 N–H and O–H groups in total. The van der Waals surface area contributed by atoms with Gasteiger partial charge in [0, 0.05) is 11.3 Å². The number of rotatable bonds is 3. The largest absolute Gasteiger partial charge is 0.494 e. The second-order valence-corrected chi connectivity index (χ2v) is 3.85. The Labute approximate surface area is 109 Å². The van der Waals surface area contributed by atoms with E-state index in [-0.39, 0.29) is 17.1 Å². The summed E-state index contributed by atoms with van der Waals surface area (Å²) in [5.74, 6) is -0.712. The van der Waals surface area contributed by atoms with Crippen LogP contribution in [-0.4, -0.2) is 25.2 Å². The predicted molar refractivity (Wildman–Crippen MR) is 68.5 cm³/mol. The number of nitrogen functional groups attached to an aromatic ring is 1. The Morgan fingerprint density at radius 3 is 2.63 bits per heavy atom. The number of ether oxygens (including phenoxy) is 2. The molecule has 0 saturated heterocycles. The number of esters is 1. The smallest absolute Gasteiger partial charge is 0.341 e. The minimum absolute atomic E-state index is 0.150. The molecule has 19 heavy (non-hydrogen) atoms. The molecule has 0 saturated carbocycles. The molecular weight excluding hydrogens is 251 g/mol. The van der Waals surface area contributed by atoms with Crippen molar-refractivity contribution in [1.29, 1.82) is 0 Å². The number of nitrogens with two attached hydrogens (primary N) is 1. The highest BCUT2D eigenvalue weighted by Crippen LogP contribution is 2.27. The van der Waals surface area contributed by atoms with E-state index in [1.54, 1.807) is 6.07 Å². The van der Waals surface area contributed by atoms with Crippen LogP contribution in [0.3, 0.4) is 0 Å². The number of halogens is 1. The molecule has 0 aliphatic heterocycles. The van der Waals surface area contributed by atoms with Gasteiger partial charge in [0.2, 0.25) is 0 Å². The molecule has 0 aliphatic rings. The van der Waals surface area contributed by atoms with Gasteiger partial charge < -0.3 is 20.2 Å². The van der Waals surface area contributed by atoms with Crippen LogP contribution in [0, 0.1) is 5.82 Å². The van der Waals surface area contributed by atoms with E-state index in [0.717, 1.165) is 0 Å². The molecule has 1 aromatic carbocycles. The highest BCUT2D eigenvalue weighted by Gasteiger charge is 2.15. The first-order valence-corrected chi connectivity index (χ1v) is 5.47. The fourth-order valence-electron chi connectivity index (χ4n) is 1.74. The number of aromatic nitrogens is 1. The molecule has 0 spiro atoms. The molecule has 2 aromatic rings. The highest BCUT2D eigenvalue weighted by atomic mass is 19.1. The maximum Gasteiger partial charge on any atom is 0.341 e. The first-order chi connectivity index (χ1) is 9.06. The van der Waals surface area contributed by atoms with Gasteiger partial charge in [-0.25, -0.2) is 9.18 Å². The average molecular weight is 264 g/mol. The standard InChI is InChI=1S/C13H13FN2O3/c1-18-11-4-3-7(5-9(11)14)10-6-8(12(15)16-10)13(17)19-2/h3-6,16H,15H2,1-2H3. The van der Waals surface area contributed by atoms with Crippen molar-refractivity contribution in [3.05, 3.63) is 35.6 Å². The van der Waals surface area contributed by atoms with Gasteiger partial charge in [0.25, 0.3) is 0 Å². The summed E-state index contributed by atoms with van der Waals surface area (Å²) >= 11 is 0. The fourth-order valence-corrected chi connectivity index (χ4v) is 1.74. The maximum absolute atomic E-state index is 13.6. The second-order valence-electron chi connectivity index (χ2n) is 3.85. The molecule has 0 radical (unpaired) electrons. The number of hydrogen-bond acceptors (Lipinski definition) is 4. The predicted octanol–water partition coefficient (Wildman–Crippen LogP) is 2.20. The van der Waals surface area contributed by atoms with E-state index in [9.17, 15) is 9.18 Å². The lowest BCUT2D eigenvalue weighted by molar-refractivity contribution is 0.0602. The molecule has 5 nitrogen and oxygen atoms in total. The van der Waals surface area contributed by atoms with E-state index < -0.39 is 11.8 Å². The minimum atomic E-state index is -0.547. The Kier molecular flexibility index (Phi) is 3.41. The molecule has 1 aromatic heterocycles. The fraction of sp³-hybridized carbons (Fsp3) is 0.154. The van der Waals surface area contributed by atoms with E-state index in [0.29, 0.717) is 11.3 Å². The van der Waals surface area contributed by atoms with Crippen LogP contribution in [0.5, 0.6) is 5.75 Å². The van der Waals surface area contributed by atoms with Gasteiger partial charge in [-0.15, -0.1) is 0 Å². The van der Waals surface area contributed by atoms with Gasteiger partial charge in [0.1, 0.15) is 11.4 Å². The Morgan fingerprint density at radius 2 is 2.05 bits per heavy atom. The Hall–Kier alpha value is -2.50. The quantitative estimate of drug-likeness (QED) is 0.833.